The predicted octanol–water partition coefficient (Wildman–Crippen LogP) is 0.829. The first-order valence-corrected chi connectivity index (χ1v) is 3.93. The van der Waals surface area contributed by atoms with Gasteiger partial charge in [0.1, 0.15) is 12.0 Å². The maximum absolute atomic E-state index is 5.45. The van der Waals surface area contributed by atoms with Crippen LogP contribution in [0.5, 0.6) is 5.75 Å². The summed E-state index contributed by atoms with van der Waals surface area (Å²) in [5.41, 5.74) is 12.0. The molecule has 1 aromatic rings. The van der Waals surface area contributed by atoms with Gasteiger partial charge in [0, 0.05) is 6.54 Å². The molecule has 0 aromatic heterocycles. The average molecular weight is 166 g/mol. The second-order valence-electron chi connectivity index (χ2n) is 2.67. The molecule has 0 amide bonds. The molecular formula is C9H14N2O. The van der Waals surface area contributed by atoms with E-state index in [0.29, 0.717) is 6.54 Å². The Balaban J connectivity index is 2.65. The zero-order chi connectivity index (χ0) is 8.97. The molecule has 3 heteroatoms. The van der Waals surface area contributed by atoms with Crippen LogP contribution in [0.4, 0.5) is 0 Å². The van der Waals surface area contributed by atoms with Crippen LogP contribution < -0.4 is 16.2 Å². The minimum Gasteiger partial charge on any atom is -0.476 e. The number of ether oxygens (including phenoxy) is 1. The summed E-state index contributed by atoms with van der Waals surface area (Å²) in [7, 11) is 0. The van der Waals surface area contributed by atoms with E-state index in [1.165, 1.54) is 0 Å². The van der Waals surface area contributed by atoms with E-state index in [2.05, 4.69) is 0 Å². The molecule has 1 rings (SSSR count). The van der Waals surface area contributed by atoms with Crippen LogP contribution >= 0.6 is 0 Å². The van der Waals surface area contributed by atoms with Crippen LogP contribution in [0.25, 0.3) is 0 Å². The van der Waals surface area contributed by atoms with E-state index in [-0.39, 0.29) is 6.23 Å². The van der Waals surface area contributed by atoms with E-state index >= 15 is 0 Å². The van der Waals surface area contributed by atoms with Gasteiger partial charge in [-0.1, -0.05) is 12.1 Å². The van der Waals surface area contributed by atoms with Crippen molar-refractivity contribution in [1.29, 1.82) is 0 Å². The molecule has 1 unspecified atom stereocenters. The highest BCUT2D eigenvalue weighted by atomic mass is 16.5. The normalized spacial score (nSPS) is 12.6. The Morgan fingerprint density at radius 1 is 1.33 bits per heavy atom. The van der Waals surface area contributed by atoms with Gasteiger partial charge in [-0.3, -0.25) is 5.73 Å². The summed E-state index contributed by atoms with van der Waals surface area (Å²) < 4.78 is 5.25. The average Bonchev–Trinajstić information content (AvgIpc) is 2.05. The Morgan fingerprint density at radius 2 is 1.92 bits per heavy atom. The molecule has 3 nitrogen and oxygen atoms in total. The van der Waals surface area contributed by atoms with Crippen molar-refractivity contribution >= 4 is 0 Å². The van der Waals surface area contributed by atoms with Crippen molar-refractivity contribution in [1.82, 2.24) is 0 Å². The van der Waals surface area contributed by atoms with E-state index in [4.69, 9.17) is 16.2 Å². The molecule has 0 saturated heterocycles. The lowest BCUT2D eigenvalue weighted by Crippen LogP contribution is -2.22. The monoisotopic (exact) mass is 166 g/mol. The fourth-order valence-electron chi connectivity index (χ4n) is 0.919. The van der Waals surface area contributed by atoms with Crippen molar-refractivity contribution in [3.63, 3.8) is 0 Å². The van der Waals surface area contributed by atoms with Crippen LogP contribution in [0.2, 0.25) is 0 Å². The van der Waals surface area contributed by atoms with Crippen molar-refractivity contribution in [3.05, 3.63) is 29.8 Å². The smallest absolute Gasteiger partial charge is 0.144 e. The molecule has 0 spiro atoms. The SMILES string of the molecule is CC(N)Oc1ccc(CN)cc1. The number of benzene rings is 1. The lowest BCUT2D eigenvalue weighted by atomic mass is 10.2. The summed E-state index contributed by atoms with van der Waals surface area (Å²) in [6, 6.07) is 7.59. The van der Waals surface area contributed by atoms with Gasteiger partial charge in [0.25, 0.3) is 0 Å². The molecule has 0 aliphatic rings. The van der Waals surface area contributed by atoms with E-state index in [0.717, 1.165) is 11.3 Å². The second-order valence-corrected chi connectivity index (χ2v) is 2.67. The summed E-state index contributed by atoms with van der Waals surface area (Å²) in [5, 5.41) is 0. The minimum atomic E-state index is -0.270. The third-order valence-corrected chi connectivity index (χ3v) is 1.48. The van der Waals surface area contributed by atoms with Crippen molar-refractivity contribution < 1.29 is 4.74 Å². The van der Waals surface area contributed by atoms with Gasteiger partial charge >= 0.3 is 0 Å². The Bertz CT molecular complexity index is 231. The summed E-state index contributed by atoms with van der Waals surface area (Å²) in [4.78, 5) is 0. The van der Waals surface area contributed by atoms with Crippen molar-refractivity contribution in [2.45, 2.75) is 19.7 Å². The van der Waals surface area contributed by atoms with E-state index in [1.54, 1.807) is 6.92 Å². The Hall–Kier alpha value is -1.06. The van der Waals surface area contributed by atoms with Gasteiger partial charge in [-0.25, -0.2) is 0 Å². The molecule has 0 heterocycles. The fourth-order valence-corrected chi connectivity index (χ4v) is 0.919. The standard InChI is InChI=1S/C9H14N2O/c1-7(11)12-9-4-2-8(6-10)3-5-9/h2-5,7H,6,10-11H2,1H3. The molecule has 0 aliphatic heterocycles. The van der Waals surface area contributed by atoms with Gasteiger partial charge in [0.2, 0.25) is 0 Å². The summed E-state index contributed by atoms with van der Waals surface area (Å²) >= 11 is 0. The quantitative estimate of drug-likeness (QED) is 0.654. The van der Waals surface area contributed by atoms with E-state index in [1.807, 2.05) is 24.3 Å². The second kappa shape index (κ2) is 4.09. The first kappa shape index (κ1) is 9.03. The highest BCUT2D eigenvalue weighted by Gasteiger charge is 1.96. The number of hydrogen-bond donors (Lipinski definition) is 2. The molecule has 1 atom stereocenters. The molecule has 0 saturated carbocycles. The van der Waals surface area contributed by atoms with Crippen molar-refractivity contribution in [2.75, 3.05) is 0 Å². The Morgan fingerprint density at radius 3 is 2.33 bits per heavy atom. The van der Waals surface area contributed by atoms with Crippen LogP contribution in [-0.2, 0) is 6.54 Å². The van der Waals surface area contributed by atoms with Crippen LogP contribution in [0, 0.1) is 0 Å². The molecule has 12 heavy (non-hydrogen) atoms. The highest BCUT2D eigenvalue weighted by molar-refractivity contribution is 5.27. The molecule has 0 radical (unpaired) electrons. The fraction of sp³-hybridized carbons (Fsp3) is 0.333. The van der Waals surface area contributed by atoms with Gasteiger partial charge in [0.05, 0.1) is 0 Å². The first-order valence-electron chi connectivity index (χ1n) is 3.93. The molecule has 0 bridgehead atoms. The van der Waals surface area contributed by atoms with Gasteiger partial charge < -0.3 is 10.5 Å². The van der Waals surface area contributed by atoms with E-state index in [9.17, 15) is 0 Å². The van der Waals surface area contributed by atoms with Crippen LogP contribution in [0.1, 0.15) is 12.5 Å². The van der Waals surface area contributed by atoms with Crippen LogP contribution in [0.15, 0.2) is 24.3 Å². The van der Waals surface area contributed by atoms with E-state index < -0.39 is 0 Å². The first-order chi connectivity index (χ1) is 5.72. The Labute approximate surface area is 72.3 Å². The third kappa shape index (κ3) is 2.53. The summed E-state index contributed by atoms with van der Waals surface area (Å²) in [6.45, 7) is 2.34. The predicted molar refractivity (Wildman–Crippen MR) is 48.6 cm³/mol. The zero-order valence-corrected chi connectivity index (χ0v) is 7.16. The van der Waals surface area contributed by atoms with Crippen LogP contribution in [-0.4, -0.2) is 6.23 Å². The lowest BCUT2D eigenvalue weighted by Gasteiger charge is -2.09. The largest absolute Gasteiger partial charge is 0.476 e. The topological polar surface area (TPSA) is 61.3 Å². The third-order valence-electron chi connectivity index (χ3n) is 1.48. The Kier molecular flexibility index (Phi) is 3.08. The maximum atomic E-state index is 5.45. The van der Waals surface area contributed by atoms with Crippen LogP contribution in [0.3, 0.4) is 0 Å². The highest BCUT2D eigenvalue weighted by Crippen LogP contribution is 2.12. The zero-order valence-electron chi connectivity index (χ0n) is 7.16. The maximum Gasteiger partial charge on any atom is 0.144 e. The van der Waals surface area contributed by atoms with Gasteiger partial charge in [-0.15, -0.1) is 0 Å². The summed E-state index contributed by atoms with van der Waals surface area (Å²) in [5.74, 6) is 0.780. The molecule has 0 aliphatic carbocycles. The number of rotatable bonds is 3. The van der Waals surface area contributed by atoms with Crippen molar-refractivity contribution in [3.8, 4) is 5.75 Å². The molecule has 0 fully saturated rings. The molecule has 4 N–H and O–H groups in total. The number of hydrogen-bond acceptors (Lipinski definition) is 3. The minimum absolute atomic E-state index is 0.270. The summed E-state index contributed by atoms with van der Waals surface area (Å²) in [6.07, 6.45) is -0.270. The molecule has 1 aromatic carbocycles. The lowest BCUT2D eigenvalue weighted by molar-refractivity contribution is 0.230. The van der Waals surface area contributed by atoms with Gasteiger partial charge in [0.15, 0.2) is 0 Å². The van der Waals surface area contributed by atoms with Gasteiger partial charge in [-0.05, 0) is 24.6 Å². The van der Waals surface area contributed by atoms with Crippen molar-refractivity contribution in [2.24, 2.45) is 11.5 Å². The molecular weight excluding hydrogens is 152 g/mol. The number of nitrogens with two attached hydrogens (primary N) is 2. The molecule has 66 valence electrons. The van der Waals surface area contributed by atoms with Gasteiger partial charge in [-0.2, -0.15) is 0 Å².